The van der Waals surface area contributed by atoms with Crippen LogP contribution in [0.5, 0.6) is 5.75 Å². The summed E-state index contributed by atoms with van der Waals surface area (Å²) in [6.45, 7) is 4.91. The van der Waals surface area contributed by atoms with E-state index in [0.717, 1.165) is 35.4 Å². The number of nitrogens with one attached hydrogen (secondary N) is 1. The van der Waals surface area contributed by atoms with Crippen molar-refractivity contribution in [2.75, 3.05) is 23.9 Å². The molecule has 0 radical (unpaired) electrons. The van der Waals surface area contributed by atoms with Crippen LogP contribution in [0.2, 0.25) is 0 Å². The Bertz CT molecular complexity index is 1090. The lowest BCUT2D eigenvalue weighted by Gasteiger charge is -2.20. The summed E-state index contributed by atoms with van der Waals surface area (Å²) in [7, 11) is 1.58. The van der Waals surface area contributed by atoms with E-state index in [1.54, 1.807) is 19.5 Å². The van der Waals surface area contributed by atoms with E-state index in [2.05, 4.69) is 38.4 Å². The van der Waals surface area contributed by atoms with Crippen molar-refractivity contribution in [1.82, 2.24) is 9.97 Å². The van der Waals surface area contributed by atoms with Gasteiger partial charge in [-0.1, -0.05) is 38.1 Å². The molecule has 6 heteroatoms. The van der Waals surface area contributed by atoms with E-state index in [1.165, 1.54) is 5.56 Å². The Morgan fingerprint density at radius 1 is 1.24 bits per heavy atom. The second kappa shape index (κ2) is 7.91. The Balaban J connectivity index is 1.77. The number of ether oxygens (including phenoxy) is 1. The number of rotatable bonds is 5. The van der Waals surface area contributed by atoms with Crippen LogP contribution in [0.25, 0.3) is 10.9 Å². The van der Waals surface area contributed by atoms with Gasteiger partial charge in [0.05, 0.1) is 18.3 Å². The van der Waals surface area contributed by atoms with E-state index in [0.29, 0.717) is 17.4 Å². The number of anilines is 3. The number of fused-ring (bicyclic) bond motifs is 2. The Hall–Kier alpha value is -3.41. The molecule has 4 rings (SSSR count). The third-order valence-corrected chi connectivity index (χ3v) is 4.97. The second-order valence-corrected chi connectivity index (χ2v) is 7.39. The van der Waals surface area contributed by atoms with Gasteiger partial charge in [0.1, 0.15) is 17.9 Å². The van der Waals surface area contributed by atoms with E-state index >= 15 is 0 Å². The highest BCUT2D eigenvalue weighted by atomic mass is 16.5. The fourth-order valence-corrected chi connectivity index (χ4v) is 3.56. The molecule has 0 bridgehead atoms. The molecule has 0 atom stereocenters. The van der Waals surface area contributed by atoms with Crippen LogP contribution in [0.1, 0.15) is 19.4 Å². The maximum Gasteiger partial charge on any atom is 0.248 e. The highest BCUT2D eigenvalue weighted by Gasteiger charge is 2.23. The van der Waals surface area contributed by atoms with E-state index in [1.807, 2.05) is 38.1 Å². The van der Waals surface area contributed by atoms with Gasteiger partial charge >= 0.3 is 0 Å². The summed E-state index contributed by atoms with van der Waals surface area (Å²) < 4.78 is 5.49. The molecule has 2 aromatic carbocycles. The molecule has 0 saturated heterocycles. The van der Waals surface area contributed by atoms with Crippen molar-refractivity contribution < 1.29 is 9.53 Å². The van der Waals surface area contributed by atoms with Gasteiger partial charge in [0.15, 0.2) is 0 Å². The Kier molecular flexibility index (Phi) is 5.16. The molecule has 0 aliphatic carbocycles. The van der Waals surface area contributed by atoms with Crippen molar-refractivity contribution in [3.05, 3.63) is 60.4 Å². The number of benzene rings is 2. The van der Waals surface area contributed by atoms with Gasteiger partial charge in [-0.25, -0.2) is 9.97 Å². The summed E-state index contributed by atoms with van der Waals surface area (Å²) in [5.74, 6) is 1.50. The first-order valence-corrected chi connectivity index (χ1v) is 9.74. The van der Waals surface area contributed by atoms with Gasteiger partial charge in [-0.15, -0.1) is 0 Å². The zero-order valence-corrected chi connectivity index (χ0v) is 16.8. The number of amides is 1. The van der Waals surface area contributed by atoms with Crippen molar-refractivity contribution in [3.8, 4) is 5.75 Å². The number of hydrogen-bond acceptors (Lipinski definition) is 5. The van der Waals surface area contributed by atoms with Crippen LogP contribution in [-0.4, -0.2) is 29.5 Å². The van der Waals surface area contributed by atoms with E-state index < -0.39 is 0 Å². The molecule has 0 saturated carbocycles. The largest absolute Gasteiger partial charge is 0.494 e. The lowest BCUT2D eigenvalue weighted by molar-refractivity contribution is -0.111. The average Bonchev–Trinajstić information content (AvgIpc) is 3.15. The highest BCUT2D eigenvalue weighted by molar-refractivity contribution is 6.03. The summed E-state index contributed by atoms with van der Waals surface area (Å²) >= 11 is 0. The van der Waals surface area contributed by atoms with Crippen molar-refractivity contribution in [3.63, 3.8) is 0 Å². The normalized spacial score (nSPS) is 13.3. The highest BCUT2D eigenvalue weighted by Crippen LogP contribution is 2.39. The number of para-hydroxylation sites is 1. The van der Waals surface area contributed by atoms with Gasteiger partial charge in [-0.3, -0.25) is 4.79 Å². The van der Waals surface area contributed by atoms with Crippen molar-refractivity contribution in [2.45, 2.75) is 20.3 Å². The van der Waals surface area contributed by atoms with Crippen molar-refractivity contribution in [1.29, 1.82) is 0 Å². The van der Waals surface area contributed by atoms with Gasteiger partial charge in [0.2, 0.25) is 5.91 Å². The summed E-state index contributed by atoms with van der Waals surface area (Å²) in [6, 6.07) is 12.1. The standard InChI is InChI=1S/C23H24N4O2/c1-15(2)8-9-22(28)26-19-12-17-18(13-21(19)29-3)24-14-25-23(17)27-11-10-16-6-4-5-7-20(16)27/h4-9,12-15H,10-11H2,1-3H3,(H,26,28)/b9-8+. The molecule has 0 spiro atoms. The summed E-state index contributed by atoms with van der Waals surface area (Å²) in [6.07, 6.45) is 5.95. The first kappa shape index (κ1) is 18.9. The zero-order chi connectivity index (χ0) is 20.4. The summed E-state index contributed by atoms with van der Waals surface area (Å²) in [4.78, 5) is 23.5. The number of aromatic nitrogens is 2. The summed E-state index contributed by atoms with van der Waals surface area (Å²) in [5, 5.41) is 3.79. The quantitative estimate of drug-likeness (QED) is 0.653. The number of allylic oxidation sites excluding steroid dienone is 1. The molecule has 148 valence electrons. The molecule has 1 amide bonds. The van der Waals surface area contributed by atoms with E-state index in [9.17, 15) is 4.79 Å². The van der Waals surface area contributed by atoms with Crippen molar-refractivity contribution in [2.24, 2.45) is 5.92 Å². The molecular formula is C23H24N4O2. The molecule has 1 N–H and O–H groups in total. The van der Waals surface area contributed by atoms with Crippen LogP contribution in [0.4, 0.5) is 17.2 Å². The average molecular weight is 388 g/mol. The van der Waals surface area contributed by atoms with Crippen LogP contribution < -0.4 is 15.0 Å². The van der Waals surface area contributed by atoms with Gasteiger partial charge in [0, 0.05) is 23.7 Å². The molecule has 0 fully saturated rings. The Morgan fingerprint density at radius 2 is 2.07 bits per heavy atom. The maximum atomic E-state index is 12.3. The monoisotopic (exact) mass is 388 g/mol. The fourth-order valence-electron chi connectivity index (χ4n) is 3.56. The van der Waals surface area contributed by atoms with Crippen molar-refractivity contribution >= 4 is 34.0 Å². The Labute approximate surface area is 170 Å². The summed E-state index contributed by atoms with van der Waals surface area (Å²) in [5.41, 5.74) is 3.84. The van der Waals surface area contributed by atoms with Crippen LogP contribution in [0.15, 0.2) is 54.9 Å². The SMILES string of the molecule is COc1cc2ncnc(N3CCc4ccccc43)c2cc1NC(=O)/C=C/C(C)C. The topological polar surface area (TPSA) is 67.4 Å². The van der Waals surface area contributed by atoms with E-state index in [-0.39, 0.29) is 5.91 Å². The molecule has 3 aromatic rings. The second-order valence-electron chi connectivity index (χ2n) is 7.39. The fraction of sp³-hybridized carbons (Fsp3) is 0.261. The van der Waals surface area contributed by atoms with Gasteiger partial charge in [-0.05, 0) is 36.1 Å². The predicted octanol–water partition coefficient (Wildman–Crippen LogP) is 4.48. The molecule has 29 heavy (non-hydrogen) atoms. The molecule has 1 aliphatic heterocycles. The van der Waals surface area contributed by atoms with Gasteiger partial charge in [0.25, 0.3) is 0 Å². The number of nitrogens with zero attached hydrogens (tertiary/aromatic N) is 3. The molecule has 1 aliphatic rings. The minimum atomic E-state index is -0.193. The number of carbonyl (C=O) groups is 1. The van der Waals surface area contributed by atoms with Crippen LogP contribution in [0, 0.1) is 5.92 Å². The Morgan fingerprint density at radius 3 is 2.86 bits per heavy atom. The van der Waals surface area contributed by atoms with Crippen LogP contribution in [0.3, 0.4) is 0 Å². The lowest BCUT2D eigenvalue weighted by atomic mass is 10.1. The van der Waals surface area contributed by atoms with Gasteiger partial charge < -0.3 is 15.0 Å². The van der Waals surface area contributed by atoms with E-state index in [4.69, 9.17) is 4.74 Å². The predicted molar refractivity (Wildman–Crippen MR) is 116 cm³/mol. The van der Waals surface area contributed by atoms with Gasteiger partial charge in [-0.2, -0.15) is 0 Å². The minimum absolute atomic E-state index is 0.193. The third kappa shape index (κ3) is 3.78. The number of methoxy groups -OCH3 is 1. The molecule has 2 heterocycles. The lowest BCUT2D eigenvalue weighted by Crippen LogP contribution is -2.16. The van der Waals surface area contributed by atoms with Crippen LogP contribution in [-0.2, 0) is 11.2 Å². The first-order chi connectivity index (χ1) is 14.1. The van der Waals surface area contributed by atoms with Crippen LogP contribution >= 0.6 is 0 Å². The third-order valence-electron chi connectivity index (χ3n) is 4.97. The molecule has 1 aromatic heterocycles. The molecule has 0 unspecified atom stereocenters. The molecule has 6 nitrogen and oxygen atoms in total. The minimum Gasteiger partial charge on any atom is -0.494 e. The smallest absolute Gasteiger partial charge is 0.248 e. The zero-order valence-electron chi connectivity index (χ0n) is 16.8. The molecular weight excluding hydrogens is 364 g/mol. The number of hydrogen-bond donors (Lipinski definition) is 1. The number of carbonyl (C=O) groups excluding carboxylic acids is 1. The maximum absolute atomic E-state index is 12.3. The first-order valence-electron chi connectivity index (χ1n) is 9.74.